The Morgan fingerprint density at radius 2 is 2.17 bits per heavy atom. The molecule has 2 nitrogen and oxygen atoms in total. The molecule has 1 aliphatic rings. The lowest BCUT2D eigenvalue weighted by Crippen LogP contribution is -2.26. The number of pyridine rings is 1. The van der Waals surface area contributed by atoms with Gasteiger partial charge in [0.1, 0.15) is 5.82 Å². The minimum absolute atomic E-state index is 0.388. The number of rotatable bonds is 2. The Hall–Kier alpha value is -0.760. The molecule has 0 radical (unpaired) electrons. The van der Waals surface area contributed by atoms with Crippen molar-refractivity contribution in [1.82, 2.24) is 4.98 Å². The lowest BCUT2D eigenvalue weighted by molar-refractivity contribution is 0.263. The lowest BCUT2D eigenvalue weighted by atomic mass is 9.80. The zero-order valence-electron chi connectivity index (χ0n) is 11.8. The van der Waals surface area contributed by atoms with Gasteiger partial charge in [-0.05, 0) is 41.9 Å². The molecule has 0 aliphatic carbocycles. The molecule has 3 heteroatoms. The molecular formula is C15H23ClN2. The Labute approximate surface area is 115 Å². The van der Waals surface area contributed by atoms with Crippen molar-refractivity contribution in [2.75, 3.05) is 18.0 Å². The van der Waals surface area contributed by atoms with Gasteiger partial charge < -0.3 is 4.90 Å². The van der Waals surface area contributed by atoms with Gasteiger partial charge in [0.25, 0.3) is 0 Å². The van der Waals surface area contributed by atoms with Crippen molar-refractivity contribution in [3.8, 4) is 0 Å². The molecular weight excluding hydrogens is 244 g/mol. The van der Waals surface area contributed by atoms with Crippen molar-refractivity contribution >= 4 is 17.4 Å². The predicted molar refractivity (Wildman–Crippen MR) is 78.3 cm³/mol. The van der Waals surface area contributed by atoms with Gasteiger partial charge in [-0.2, -0.15) is 0 Å². The first-order valence-corrected chi connectivity index (χ1v) is 7.21. The number of hydrogen-bond acceptors (Lipinski definition) is 2. The van der Waals surface area contributed by atoms with E-state index in [4.69, 9.17) is 11.6 Å². The number of aryl methyl sites for hydroxylation is 1. The highest BCUT2D eigenvalue weighted by Gasteiger charge is 2.32. The number of hydrogen-bond donors (Lipinski definition) is 0. The van der Waals surface area contributed by atoms with E-state index >= 15 is 0 Å². The van der Waals surface area contributed by atoms with Gasteiger partial charge in [-0.25, -0.2) is 4.98 Å². The van der Waals surface area contributed by atoms with Crippen molar-refractivity contribution < 1.29 is 0 Å². The van der Waals surface area contributed by atoms with E-state index in [0.717, 1.165) is 30.4 Å². The summed E-state index contributed by atoms with van der Waals surface area (Å²) in [6, 6.07) is 2.15. The normalized spacial score (nSPS) is 20.5. The van der Waals surface area contributed by atoms with E-state index in [1.807, 2.05) is 6.20 Å². The molecule has 0 N–H and O–H groups in total. The van der Waals surface area contributed by atoms with Crippen molar-refractivity contribution in [2.24, 2.45) is 11.3 Å². The van der Waals surface area contributed by atoms with E-state index in [9.17, 15) is 0 Å². The second-order valence-corrected chi connectivity index (χ2v) is 6.68. The predicted octanol–water partition coefficient (Wildman–Crippen LogP) is 4.00. The zero-order chi connectivity index (χ0) is 13.3. The molecule has 1 unspecified atom stereocenters. The van der Waals surface area contributed by atoms with Crippen LogP contribution in [-0.4, -0.2) is 18.1 Å². The topological polar surface area (TPSA) is 16.1 Å². The third-order valence-corrected chi connectivity index (χ3v) is 4.28. The largest absolute Gasteiger partial charge is 0.356 e. The van der Waals surface area contributed by atoms with Gasteiger partial charge in [0.15, 0.2) is 0 Å². The first-order valence-electron chi connectivity index (χ1n) is 6.68. The standard InChI is InChI=1S/C15H23ClN2/c1-11-7-12(8-16)9-17-14(11)18-6-5-13(10-18)15(2,3)4/h7,9,13H,5-6,8,10H2,1-4H3. The minimum atomic E-state index is 0.388. The summed E-state index contributed by atoms with van der Waals surface area (Å²) in [5, 5.41) is 0. The molecule has 2 heterocycles. The molecule has 2 rings (SSSR count). The van der Waals surface area contributed by atoms with Crippen LogP contribution >= 0.6 is 11.6 Å². The van der Waals surface area contributed by atoms with Crippen molar-refractivity contribution in [2.45, 2.75) is 40.0 Å². The summed E-state index contributed by atoms with van der Waals surface area (Å²) in [4.78, 5) is 7.01. The van der Waals surface area contributed by atoms with Gasteiger partial charge in [-0.3, -0.25) is 0 Å². The lowest BCUT2D eigenvalue weighted by Gasteiger charge is -2.27. The molecule has 1 aromatic rings. The van der Waals surface area contributed by atoms with Crippen LogP contribution in [0.25, 0.3) is 0 Å². The molecule has 100 valence electrons. The van der Waals surface area contributed by atoms with Crippen LogP contribution in [0.3, 0.4) is 0 Å². The summed E-state index contributed by atoms with van der Waals surface area (Å²) in [6.07, 6.45) is 3.17. The molecule has 0 spiro atoms. The SMILES string of the molecule is Cc1cc(CCl)cnc1N1CCC(C(C)(C)C)C1. The number of alkyl halides is 1. The van der Waals surface area contributed by atoms with Gasteiger partial charge in [-0.15, -0.1) is 11.6 Å². The van der Waals surface area contributed by atoms with E-state index < -0.39 is 0 Å². The summed E-state index contributed by atoms with van der Waals surface area (Å²) < 4.78 is 0. The Kier molecular flexibility index (Phi) is 3.86. The van der Waals surface area contributed by atoms with Crippen molar-refractivity contribution in [1.29, 1.82) is 0 Å². The number of anilines is 1. The Balaban J connectivity index is 2.14. The molecule has 1 saturated heterocycles. The summed E-state index contributed by atoms with van der Waals surface area (Å²) in [6.45, 7) is 11.4. The van der Waals surface area contributed by atoms with Crippen LogP contribution in [0.15, 0.2) is 12.3 Å². The summed E-state index contributed by atoms with van der Waals surface area (Å²) in [5.74, 6) is 2.43. The minimum Gasteiger partial charge on any atom is -0.356 e. The van der Waals surface area contributed by atoms with Crippen LogP contribution in [0.5, 0.6) is 0 Å². The summed E-state index contributed by atoms with van der Waals surface area (Å²) >= 11 is 5.84. The maximum Gasteiger partial charge on any atom is 0.131 e. The monoisotopic (exact) mass is 266 g/mol. The average Bonchev–Trinajstić information content (AvgIpc) is 2.77. The van der Waals surface area contributed by atoms with E-state index in [2.05, 4.69) is 43.6 Å². The molecule has 1 fully saturated rings. The van der Waals surface area contributed by atoms with Crippen LogP contribution < -0.4 is 4.90 Å². The smallest absolute Gasteiger partial charge is 0.131 e. The highest BCUT2D eigenvalue weighted by Crippen LogP contribution is 2.35. The maximum atomic E-state index is 5.84. The molecule has 0 bridgehead atoms. The highest BCUT2D eigenvalue weighted by molar-refractivity contribution is 6.17. The van der Waals surface area contributed by atoms with Crippen LogP contribution in [0.1, 0.15) is 38.3 Å². The number of halogens is 1. The quantitative estimate of drug-likeness (QED) is 0.752. The molecule has 1 aromatic heterocycles. The molecule has 1 aliphatic heterocycles. The number of aromatic nitrogens is 1. The first kappa shape index (κ1) is 13.7. The Morgan fingerprint density at radius 1 is 1.44 bits per heavy atom. The van der Waals surface area contributed by atoms with Crippen molar-refractivity contribution in [3.63, 3.8) is 0 Å². The van der Waals surface area contributed by atoms with E-state index in [1.165, 1.54) is 12.0 Å². The van der Waals surface area contributed by atoms with E-state index in [0.29, 0.717) is 11.3 Å². The van der Waals surface area contributed by atoms with Gasteiger partial charge >= 0.3 is 0 Å². The molecule has 0 amide bonds. The van der Waals surface area contributed by atoms with Gasteiger partial charge in [0.2, 0.25) is 0 Å². The van der Waals surface area contributed by atoms with E-state index in [1.54, 1.807) is 0 Å². The van der Waals surface area contributed by atoms with Gasteiger partial charge in [0.05, 0.1) is 0 Å². The zero-order valence-corrected chi connectivity index (χ0v) is 12.6. The third kappa shape index (κ3) is 2.80. The molecule has 1 atom stereocenters. The molecule has 18 heavy (non-hydrogen) atoms. The summed E-state index contributed by atoms with van der Waals surface area (Å²) in [7, 11) is 0. The molecule has 0 saturated carbocycles. The Morgan fingerprint density at radius 3 is 2.67 bits per heavy atom. The van der Waals surface area contributed by atoms with Crippen LogP contribution in [0, 0.1) is 18.3 Å². The fourth-order valence-electron chi connectivity index (χ4n) is 2.69. The van der Waals surface area contributed by atoms with Crippen LogP contribution in [-0.2, 0) is 5.88 Å². The van der Waals surface area contributed by atoms with Gasteiger partial charge in [-0.1, -0.05) is 20.8 Å². The van der Waals surface area contributed by atoms with Gasteiger partial charge in [0, 0.05) is 25.2 Å². The fourth-order valence-corrected chi connectivity index (χ4v) is 2.84. The average molecular weight is 267 g/mol. The number of nitrogens with zero attached hydrogens (tertiary/aromatic N) is 2. The van der Waals surface area contributed by atoms with E-state index in [-0.39, 0.29) is 0 Å². The van der Waals surface area contributed by atoms with Crippen molar-refractivity contribution in [3.05, 3.63) is 23.4 Å². The fraction of sp³-hybridized carbons (Fsp3) is 0.667. The summed E-state index contributed by atoms with van der Waals surface area (Å²) in [5.41, 5.74) is 2.73. The Bertz CT molecular complexity index is 423. The second kappa shape index (κ2) is 5.08. The highest BCUT2D eigenvalue weighted by atomic mass is 35.5. The third-order valence-electron chi connectivity index (χ3n) is 3.97. The first-order chi connectivity index (χ1) is 8.41. The second-order valence-electron chi connectivity index (χ2n) is 6.42. The van der Waals surface area contributed by atoms with Crippen LogP contribution in [0.2, 0.25) is 0 Å². The molecule has 0 aromatic carbocycles. The maximum absolute atomic E-state index is 5.84. The van der Waals surface area contributed by atoms with Crippen LogP contribution in [0.4, 0.5) is 5.82 Å².